The fourth-order valence-electron chi connectivity index (χ4n) is 1.53. The van der Waals surface area contributed by atoms with Crippen LogP contribution in [0.5, 0.6) is 0 Å². The van der Waals surface area contributed by atoms with Gasteiger partial charge in [0.05, 0.1) is 0 Å². The van der Waals surface area contributed by atoms with Crippen LogP contribution in [0.3, 0.4) is 0 Å². The smallest absolute Gasteiger partial charge is 0.130 e. The summed E-state index contributed by atoms with van der Waals surface area (Å²) in [6, 6.07) is 2.29. The first-order valence-electron chi connectivity index (χ1n) is 5.74. The van der Waals surface area contributed by atoms with Crippen molar-refractivity contribution in [3.05, 3.63) is 17.6 Å². The first-order valence-corrected chi connectivity index (χ1v) is 5.74. The molecule has 0 aliphatic rings. The van der Waals surface area contributed by atoms with E-state index in [-0.39, 0.29) is 0 Å². The first kappa shape index (κ1) is 12.5. The van der Waals surface area contributed by atoms with E-state index in [9.17, 15) is 0 Å². The normalized spacial score (nSPS) is 11.9. The molecule has 1 rings (SSSR count). The van der Waals surface area contributed by atoms with E-state index in [2.05, 4.69) is 35.1 Å². The molecule has 1 aromatic rings. The average Bonchev–Trinajstić information content (AvgIpc) is 2.27. The molecule has 0 spiro atoms. The van der Waals surface area contributed by atoms with Crippen molar-refractivity contribution in [1.82, 2.24) is 9.97 Å². The average molecular weight is 217 g/mol. The second kappa shape index (κ2) is 6.12. The highest BCUT2D eigenvalue weighted by atomic mass is 15.0. The van der Waals surface area contributed by atoms with Crippen LogP contribution in [0, 0.1) is 19.3 Å². The van der Waals surface area contributed by atoms with Crippen LogP contribution in [-0.2, 0) is 6.42 Å². The summed E-state index contributed by atoms with van der Waals surface area (Å²) in [5.74, 6) is 4.36. The van der Waals surface area contributed by atoms with Crippen molar-refractivity contribution in [3.8, 4) is 12.3 Å². The quantitative estimate of drug-likeness (QED) is 0.770. The number of rotatable bonds is 5. The van der Waals surface area contributed by atoms with E-state index < -0.39 is 0 Å². The number of anilines is 1. The zero-order chi connectivity index (χ0) is 12.0. The maximum atomic E-state index is 5.32. The van der Waals surface area contributed by atoms with E-state index in [1.807, 2.05) is 13.0 Å². The van der Waals surface area contributed by atoms with Gasteiger partial charge in [-0.15, -0.1) is 12.3 Å². The molecule has 0 saturated carbocycles. The Morgan fingerprint density at radius 2 is 2.19 bits per heavy atom. The predicted molar refractivity (Wildman–Crippen MR) is 67.3 cm³/mol. The summed E-state index contributed by atoms with van der Waals surface area (Å²) in [5, 5.41) is 3.35. The van der Waals surface area contributed by atoms with Crippen molar-refractivity contribution < 1.29 is 0 Å². The minimum atomic E-state index is 0.295. The van der Waals surface area contributed by atoms with Gasteiger partial charge in [-0.2, -0.15) is 0 Å². The third kappa shape index (κ3) is 3.54. The highest BCUT2D eigenvalue weighted by Crippen LogP contribution is 2.11. The molecule has 1 unspecified atom stereocenters. The number of nitrogens with one attached hydrogen (secondary N) is 1. The summed E-state index contributed by atoms with van der Waals surface area (Å²) in [4.78, 5) is 8.70. The molecule has 0 radical (unpaired) electrons. The predicted octanol–water partition coefficient (Wildman–Crippen LogP) is 2.56. The molecule has 1 aromatic heterocycles. The zero-order valence-corrected chi connectivity index (χ0v) is 10.2. The van der Waals surface area contributed by atoms with Gasteiger partial charge < -0.3 is 5.32 Å². The van der Waals surface area contributed by atoms with Gasteiger partial charge in [-0.05, 0) is 19.8 Å². The topological polar surface area (TPSA) is 37.8 Å². The van der Waals surface area contributed by atoms with Gasteiger partial charge in [0.2, 0.25) is 0 Å². The van der Waals surface area contributed by atoms with E-state index in [1.165, 1.54) is 0 Å². The van der Waals surface area contributed by atoms with Gasteiger partial charge in [-0.1, -0.05) is 13.8 Å². The van der Waals surface area contributed by atoms with E-state index in [4.69, 9.17) is 6.42 Å². The van der Waals surface area contributed by atoms with Crippen molar-refractivity contribution in [1.29, 1.82) is 0 Å². The number of aromatic nitrogens is 2. The van der Waals surface area contributed by atoms with Crippen LogP contribution >= 0.6 is 0 Å². The molecule has 86 valence electrons. The van der Waals surface area contributed by atoms with E-state index in [1.54, 1.807) is 0 Å². The molecule has 0 aliphatic carbocycles. The molecule has 0 aromatic carbocycles. The highest BCUT2D eigenvalue weighted by molar-refractivity contribution is 5.37. The minimum absolute atomic E-state index is 0.295. The fraction of sp³-hybridized carbons (Fsp3) is 0.538. The zero-order valence-electron chi connectivity index (χ0n) is 10.2. The molecule has 0 saturated heterocycles. The molecule has 0 amide bonds. The van der Waals surface area contributed by atoms with E-state index in [0.29, 0.717) is 6.04 Å². The molecule has 1 atom stereocenters. The molecular weight excluding hydrogens is 198 g/mol. The summed E-state index contributed by atoms with van der Waals surface area (Å²) in [6.07, 6.45) is 7.96. The Bertz CT molecular complexity index is 379. The number of terminal acetylenes is 1. The SMILES string of the molecule is C#CCC(CC)Nc1cc(CC)nc(C)n1. The number of aryl methyl sites for hydroxylation is 2. The second-order valence-corrected chi connectivity index (χ2v) is 3.80. The van der Waals surface area contributed by atoms with Crippen LogP contribution in [0.4, 0.5) is 5.82 Å². The van der Waals surface area contributed by atoms with Crippen molar-refractivity contribution >= 4 is 5.82 Å². The Balaban J connectivity index is 2.79. The van der Waals surface area contributed by atoms with Crippen LogP contribution in [-0.4, -0.2) is 16.0 Å². The molecule has 3 nitrogen and oxygen atoms in total. The van der Waals surface area contributed by atoms with Gasteiger partial charge in [0.1, 0.15) is 11.6 Å². The molecule has 1 N–H and O–H groups in total. The Labute approximate surface area is 97.7 Å². The van der Waals surface area contributed by atoms with Gasteiger partial charge >= 0.3 is 0 Å². The van der Waals surface area contributed by atoms with Gasteiger partial charge in [0.15, 0.2) is 0 Å². The van der Waals surface area contributed by atoms with Crippen LogP contribution < -0.4 is 5.32 Å². The number of nitrogens with zero attached hydrogens (tertiary/aromatic N) is 2. The summed E-state index contributed by atoms with van der Waals surface area (Å²) in [5.41, 5.74) is 1.06. The lowest BCUT2D eigenvalue weighted by Crippen LogP contribution is -2.19. The maximum absolute atomic E-state index is 5.32. The molecule has 0 aliphatic heterocycles. The van der Waals surface area contributed by atoms with Crippen molar-refractivity contribution in [2.45, 2.75) is 46.1 Å². The van der Waals surface area contributed by atoms with E-state index in [0.717, 1.165) is 36.6 Å². The number of hydrogen-bond acceptors (Lipinski definition) is 3. The van der Waals surface area contributed by atoms with Crippen LogP contribution in [0.2, 0.25) is 0 Å². The standard InChI is InChI=1S/C13H19N3/c1-5-8-11(6-2)16-13-9-12(7-3)14-10(4)15-13/h1,9,11H,6-8H2,2-4H3,(H,14,15,16). The Kier molecular flexibility index (Phi) is 4.78. The largest absolute Gasteiger partial charge is 0.366 e. The third-order valence-electron chi connectivity index (χ3n) is 2.46. The van der Waals surface area contributed by atoms with Gasteiger partial charge in [-0.25, -0.2) is 9.97 Å². The third-order valence-corrected chi connectivity index (χ3v) is 2.46. The van der Waals surface area contributed by atoms with E-state index >= 15 is 0 Å². The molecular formula is C13H19N3. The number of hydrogen-bond donors (Lipinski definition) is 1. The molecule has 1 heterocycles. The second-order valence-electron chi connectivity index (χ2n) is 3.80. The van der Waals surface area contributed by atoms with Crippen LogP contribution in [0.1, 0.15) is 38.2 Å². The summed E-state index contributed by atoms with van der Waals surface area (Å²) >= 11 is 0. The summed E-state index contributed by atoms with van der Waals surface area (Å²) < 4.78 is 0. The molecule has 0 bridgehead atoms. The lowest BCUT2D eigenvalue weighted by Gasteiger charge is -2.15. The van der Waals surface area contributed by atoms with Crippen LogP contribution in [0.15, 0.2) is 6.07 Å². The van der Waals surface area contributed by atoms with Crippen molar-refractivity contribution in [3.63, 3.8) is 0 Å². The summed E-state index contributed by atoms with van der Waals surface area (Å²) in [6.45, 7) is 6.11. The molecule has 16 heavy (non-hydrogen) atoms. The van der Waals surface area contributed by atoms with Gasteiger partial charge in [0, 0.05) is 24.2 Å². The first-order chi connectivity index (χ1) is 7.69. The molecule has 3 heteroatoms. The fourth-order valence-corrected chi connectivity index (χ4v) is 1.53. The maximum Gasteiger partial charge on any atom is 0.130 e. The van der Waals surface area contributed by atoms with Gasteiger partial charge in [-0.3, -0.25) is 0 Å². The molecule has 0 fully saturated rings. The Morgan fingerprint density at radius 1 is 1.44 bits per heavy atom. The minimum Gasteiger partial charge on any atom is -0.366 e. The van der Waals surface area contributed by atoms with Gasteiger partial charge in [0.25, 0.3) is 0 Å². The lowest BCUT2D eigenvalue weighted by atomic mass is 10.1. The highest BCUT2D eigenvalue weighted by Gasteiger charge is 2.06. The monoisotopic (exact) mass is 217 g/mol. The van der Waals surface area contributed by atoms with Crippen molar-refractivity contribution in [2.75, 3.05) is 5.32 Å². The Morgan fingerprint density at radius 3 is 2.75 bits per heavy atom. The summed E-state index contributed by atoms with van der Waals surface area (Å²) in [7, 11) is 0. The van der Waals surface area contributed by atoms with Crippen LogP contribution in [0.25, 0.3) is 0 Å². The van der Waals surface area contributed by atoms with Crippen molar-refractivity contribution in [2.24, 2.45) is 0 Å². The lowest BCUT2D eigenvalue weighted by molar-refractivity contribution is 0.709. The Hall–Kier alpha value is -1.56.